The molecule has 0 aromatic carbocycles. The van der Waals surface area contributed by atoms with E-state index >= 15 is 0 Å². The summed E-state index contributed by atoms with van der Waals surface area (Å²) in [5, 5.41) is 8.90. The number of urea groups is 1. The van der Waals surface area contributed by atoms with Crippen molar-refractivity contribution in [2.45, 2.75) is 57.9 Å². The smallest absolute Gasteiger partial charge is 0.320 e. The second-order valence-electron chi connectivity index (χ2n) is 6.11. The SMILES string of the molecule is CCCCN(C(=O)N1CCCC(CC(=O)O)C1)C1CC1. The number of aliphatic carboxylic acids is 1. The first-order chi connectivity index (χ1) is 9.61. The summed E-state index contributed by atoms with van der Waals surface area (Å²) in [5.41, 5.74) is 0. The van der Waals surface area contributed by atoms with Crippen LogP contribution in [0.2, 0.25) is 0 Å². The van der Waals surface area contributed by atoms with Gasteiger partial charge in [0, 0.05) is 32.1 Å². The Balaban J connectivity index is 1.90. The first kappa shape index (κ1) is 15.1. The highest BCUT2D eigenvalue weighted by atomic mass is 16.4. The molecule has 2 rings (SSSR count). The number of hydrogen-bond acceptors (Lipinski definition) is 2. The third kappa shape index (κ3) is 4.12. The number of unbranched alkanes of at least 4 members (excludes halogenated alkanes) is 1. The van der Waals surface area contributed by atoms with Gasteiger partial charge in [-0.05, 0) is 38.0 Å². The number of piperidine rings is 1. The molecule has 1 saturated carbocycles. The summed E-state index contributed by atoms with van der Waals surface area (Å²) < 4.78 is 0. The van der Waals surface area contributed by atoms with E-state index in [1.807, 2.05) is 9.80 Å². The fourth-order valence-corrected chi connectivity index (χ4v) is 2.98. The predicted molar refractivity (Wildman–Crippen MR) is 76.6 cm³/mol. The van der Waals surface area contributed by atoms with Gasteiger partial charge in [0.1, 0.15) is 0 Å². The van der Waals surface area contributed by atoms with Gasteiger partial charge in [-0.1, -0.05) is 13.3 Å². The summed E-state index contributed by atoms with van der Waals surface area (Å²) in [6.45, 7) is 4.38. The Morgan fingerprint density at radius 3 is 2.65 bits per heavy atom. The van der Waals surface area contributed by atoms with Crippen LogP contribution in [0.4, 0.5) is 4.79 Å². The molecule has 2 amide bonds. The summed E-state index contributed by atoms with van der Waals surface area (Å²) in [7, 11) is 0. The molecule has 2 fully saturated rings. The van der Waals surface area contributed by atoms with Crippen molar-refractivity contribution in [3.63, 3.8) is 0 Å². The molecule has 114 valence electrons. The molecule has 1 aliphatic carbocycles. The molecular weight excluding hydrogens is 256 g/mol. The van der Waals surface area contributed by atoms with Gasteiger partial charge in [0.25, 0.3) is 0 Å². The predicted octanol–water partition coefficient (Wildman–Crippen LogP) is 2.56. The van der Waals surface area contributed by atoms with Crippen LogP contribution in [0.5, 0.6) is 0 Å². The van der Waals surface area contributed by atoms with Crippen LogP contribution in [-0.4, -0.2) is 52.6 Å². The minimum absolute atomic E-state index is 0.123. The molecule has 5 heteroatoms. The van der Waals surface area contributed by atoms with Gasteiger partial charge in [-0.3, -0.25) is 4.79 Å². The molecule has 1 aliphatic heterocycles. The number of hydrogen-bond donors (Lipinski definition) is 1. The Bertz CT molecular complexity index is 355. The summed E-state index contributed by atoms with van der Waals surface area (Å²) >= 11 is 0. The average molecular weight is 282 g/mol. The van der Waals surface area contributed by atoms with E-state index < -0.39 is 5.97 Å². The van der Waals surface area contributed by atoms with E-state index in [0.29, 0.717) is 12.6 Å². The number of nitrogens with zero attached hydrogens (tertiary/aromatic N) is 2. The fraction of sp³-hybridized carbons (Fsp3) is 0.867. The number of carbonyl (C=O) groups excluding carboxylic acids is 1. The summed E-state index contributed by atoms with van der Waals surface area (Å²) in [6.07, 6.45) is 6.43. The molecule has 20 heavy (non-hydrogen) atoms. The lowest BCUT2D eigenvalue weighted by Crippen LogP contribution is -2.48. The second kappa shape index (κ2) is 6.95. The lowest BCUT2D eigenvalue weighted by molar-refractivity contribution is -0.138. The van der Waals surface area contributed by atoms with Crippen molar-refractivity contribution in [2.75, 3.05) is 19.6 Å². The summed E-state index contributed by atoms with van der Waals surface area (Å²) in [5.74, 6) is -0.633. The van der Waals surface area contributed by atoms with Gasteiger partial charge in [-0.15, -0.1) is 0 Å². The van der Waals surface area contributed by atoms with Crippen molar-refractivity contribution < 1.29 is 14.7 Å². The minimum Gasteiger partial charge on any atom is -0.481 e. The average Bonchev–Trinajstić information content (AvgIpc) is 3.23. The Kier molecular flexibility index (Phi) is 5.26. The number of carboxylic acid groups (broad SMARTS) is 1. The lowest BCUT2D eigenvalue weighted by Gasteiger charge is -2.36. The largest absolute Gasteiger partial charge is 0.481 e. The van der Waals surface area contributed by atoms with E-state index in [1.165, 1.54) is 0 Å². The molecule has 0 radical (unpaired) electrons. The topological polar surface area (TPSA) is 60.9 Å². The highest BCUT2D eigenvalue weighted by Crippen LogP contribution is 2.29. The van der Waals surface area contributed by atoms with Gasteiger partial charge in [0.05, 0.1) is 0 Å². The van der Waals surface area contributed by atoms with Crippen LogP contribution in [0.15, 0.2) is 0 Å². The van der Waals surface area contributed by atoms with Crippen LogP contribution in [-0.2, 0) is 4.79 Å². The number of carbonyl (C=O) groups is 2. The summed E-state index contributed by atoms with van der Waals surface area (Å²) in [4.78, 5) is 27.3. The second-order valence-corrected chi connectivity index (χ2v) is 6.11. The first-order valence-electron chi connectivity index (χ1n) is 7.89. The molecule has 2 aliphatic rings. The van der Waals surface area contributed by atoms with Crippen LogP contribution < -0.4 is 0 Å². The van der Waals surface area contributed by atoms with Crippen LogP contribution >= 0.6 is 0 Å². The van der Waals surface area contributed by atoms with Gasteiger partial charge in [-0.2, -0.15) is 0 Å². The van der Waals surface area contributed by atoms with Crippen LogP contribution in [0, 0.1) is 5.92 Å². The Morgan fingerprint density at radius 1 is 1.30 bits per heavy atom. The van der Waals surface area contributed by atoms with Crippen LogP contribution in [0.25, 0.3) is 0 Å². The number of rotatable bonds is 6. The number of carboxylic acids is 1. The highest BCUT2D eigenvalue weighted by Gasteiger charge is 2.36. The maximum absolute atomic E-state index is 12.6. The standard InChI is InChI=1S/C15H26N2O3/c1-2-3-9-17(13-6-7-13)15(20)16-8-4-5-12(11-16)10-14(18)19/h12-13H,2-11H2,1H3,(H,18,19). The zero-order valence-electron chi connectivity index (χ0n) is 12.4. The van der Waals surface area contributed by atoms with E-state index in [-0.39, 0.29) is 18.4 Å². The molecule has 0 bridgehead atoms. The number of amides is 2. The molecule has 1 atom stereocenters. The molecular formula is C15H26N2O3. The monoisotopic (exact) mass is 282 g/mol. The van der Waals surface area contributed by atoms with E-state index in [4.69, 9.17) is 5.11 Å². The molecule has 1 N–H and O–H groups in total. The molecule has 1 heterocycles. The van der Waals surface area contributed by atoms with Gasteiger partial charge in [-0.25, -0.2) is 4.79 Å². The Hall–Kier alpha value is -1.26. The van der Waals surface area contributed by atoms with Gasteiger partial charge >= 0.3 is 12.0 Å². The molecule has 1 unspecified atom stereocenters. The fourth-order valence-electron chi connectivity index (χ4n) is 2.98. The Labute approximate surface area is 120 Å². The number of likely N-dealkylation sites (tertiary alicyclic amines) is 1. The zero-order valence-corrected chi connectivity index (χ0v) is 12.4. The van der Waals surface area contributed by atoms with E-state index in [9.17, 15) is 9.59 Å². The van der Waals surface area contributed by atoms with Crippen molar-refractivity contribution >= 4 is 12.0 Å². The van der Waals surface area contributed by atoms with Crippen molar-refractivity contribution in [3.05, 3.63) is 0 Å². The Morgan fingerprint density at radius 2 is 2.05 bits per heavy atom. The molecule has 5 nitrogen and oxygen atoms in total. The lowest BCUT2D eigenvalue weighted by atomic mass is 9.95. The molecule has 0 aromatic rings. The van der Waals surface area contributed by atoms with Crippen molar-refractivity contribution in [2.24, 2.45) is 5.92 Å². The summed E-state index contributed by atoms with van der Waals surface area (Å²) in [6, 6.07) is 0.574. The van der Waals surface area contributed by atoms with Crippen LogP contribution in [0.1, 0.15) is 51.9 Å². The molecule has 1 saturated heterocycles. The first-order valence-corrected chi connectivity index (χ1v) is 7.89. The van der Waals surface area contributed by atoms with E-state index in [0.717, 1.165) is 51.6 Å². The molecule has 0 spiro atoms. The maximum atomic E-state index is 12.6. The van der Waals surface area contributed by atoms with Gasteiger partial charge < -0.3 is 14.9 Å². The highest BCUT2D eigenvalue weighted by molar-refractivity contribution is 5.75. The van der Waals surface area contributed by atoms with Crippen molar-refractivity contribution in [1.29, 1.82) is 0 Å². The van der Waals surface area contributed by atoms with Gasteiger partial charge in [0.15, 0.2) is 0 Å². The van der Waals surface area contributed by atoms with E-state index in [1.54, 1.807) is 0 Å². The minimum atomic E-state index is -0.755. The quantitative estimate of drug-likeness (QED) is 0.814. The van der Waals surface area contributed by atoms with Crippen molar-refractivity contribution in [3.8, 4) is 0 Å². The third-order valence-corrected chi connectivity index (χ3v) is 4.24. The zero-order chi connectivity index (χ0) is 14.5. The third-order valence-electron chi connectivity index (χ3n) is 4.24. The van der Waals surface area contributed by atoms with Crippen molar-refractivity contribution in [1.82, 2.24) is 9.80 Å². The van der Waals surface area contributed by atoms with Gasteiger partial charge in [0.2, 0.25) is 0 Å². The molecule has 0 aromatic heterocycles. The maximum Gasteiger partial charge on any atom is 0.320 e. The van der Waals surface area contributed by atoms with Crippen LogP contribution in [0.3, 0.4) is 0 Å². The van der Waals surface area contributed by atoms with E-state index in [2.05, 4.69) is 6.92 Å². The normalized spacial score (nSPS) is 22.6.